The summed E-state index contributed by atoms with van der Waals surface area (Å²) in [5.41, 5.74) is 2.13. The number of nitrogens with one attached hydrogen (secondary N) is 1. The van der Waals surface area contributed by atoms with E-state index >= 15 is 0 Å². The fraction of sp³-hybridized carbons (Fsp3) is 0.130. The lowest BCUT2D eigenvalue weighted by molar-refractivity contribution is 0.102. The number of hydrogen-bond acceptors (Lipinski definition) is 7. The van der Waals surface area contributed by atoms with E-state index in [1.807, 2.05) is 12.1 Å². The van der Waals surface area contributed by atoms with E-state index in [-0.39, 0.29) is 33.7 Å². The highest BCUT2D eigenvalue weighted by molar-refractivity contribution is 6.40. The van der Waals surface area contributed by atoms with Crippen LogP contribution in [0, 0.1) is 0 Å². The maximum Gasteiger partial charge on any atom is 0.260 e. The maximum atomic E-state index is 13.4. The van der Waals surface area contributed by atoms with E-state index in [1.165, 1.54) is 19.5 Å². The number of furan rings is 1. The smallest absolute Gasteiger partial charge is 0.260 e. The Kier molecular flexibility index (Phi) is 6.76. The molecule has 3 heterocycles. The van der Waals surface area contributed by atoms with Crippen LogP contribution in [0.2, 0.25) is 10.0 Å². The molecule has 4 aromatic rings. The van der Waals surface area contributed by atoms with Crippen molar-refractivity contribution < 1.29 is 18.8 Å². The first-order valence-corrected chi connectivity index (χ1v) is 10.5. The van der Waals surface area contributed by atoms with Crippen molar-refractivity contribution in [2.24, 2.45) is 5.16 Å². The van der Waals surface area contributed by atoms with Gasteiger partial charge in [-0.1, -0.05) is 40.5 Å². The van der Waals surface area contributed by atoms with Crippen LogP contribution in [0.3, 0.4) is 0 Å². The molecule has 0 atom stereocenters. The SMILES string of the molecule is COc1cccc2c(C(=O)Nc3c(Cl)cncc3Cl)c(/C(C)=N\OCc3ccncc3)oc12. The van der Waals surface area contributed by atoms with Crippen LogP contribution in [-0.4, -0.2) is 28.7 Å². The number of benzene rings is 1. The first-order chi connectivity index (χ1) is 16.0. The van der Waals surface area contributed by atoms with E-state index < -0.39 is 5.91 Å². The Hall–Kier alpha value is -3.62. The number of hydrogen-bond donors (Lipinski definition) is 1. The molecule has 4 rings (SSSR count). The lowest BCUT2D eigenvalue weighted by Gasteiger charge is -2.09. The molecule has 0 unspecified atom stereocenters. The Labute approximate surface area is 199 Å². The number of amides is 1. The van der Waals surface area contributed by atoms with Crippen LogP contribution >= 0.6 is 23.2 Å². The summed E-state index contributed by atoms with van der Waals surface area (Å²) < 4.78 is 11.4. The molecule has 10 heteroatoms. The van der Waals surface area contributed by atoms with E-state index in [4.69, 9.17) is 37.2 Å². The number of fused-ring (bicyclic) bond motifs is 1. The predicted molar refractivity (Wildman–Crippen MR) is 126 cm³/mol. The molecule has 0 spiro atoms. The number of halogens is 2. The molecule has 0 saturated heterocycles. The van der Waals surface area contributed by atoms with Gasteiger partial charge in [0.05, 0.1) is 28.4 Å². The van der Waals surface area contributed by atoms with E-state index in [2.05, 4.69) is 20.4 Å². The number of pyridine rings is 2. The molecule has 8 nitrogen and oxygen atoms in total. The first kappa shape index (κ1) is 22.6. The average Bonchev–Trinajstić information content (AvgIpc) is 3.22. The zero-order valence-corrected chi connectivity index (χ0v) is 19.1. The van der Waals surface area contributed by atoms with Crippen molar-refractivity contribution in [1.82, 2.24) is 9.97 Å². The summed E-state index contributed by atoms with van der Waals surface area (Å²) in [6, 6.07) is 8.88. The van der Waals surface area contributed by atoms with Gasteiger partial charge in [0.15, 0.2) is 17.1 Å². The van der Waals surface area contributed by atoms with Gasteiger partial charge in [0.1, 0.15) is 12.3 Å². The maximum absolute atomic E-state index is 13.4. The molecule has 0 radical (unpaired) electrons. The zero-order valence-electron chi connectivity index (χ0n) is 17.6. The van der Waals surface area contributed by atoms with Crippen LogP contribution in [0.25, 0.3) is 11.0 Å². The highest BCUT2D eigenvalue weighted by atomic mass is 35.5. The number of nitrogens with zero attached hydrogens (tertiary/aromatic N) is 3. The number of rotatable bonds is 7. The molecule has 0 bridgehead atoms. The van der Waals surface area contributed by atoms with Crippen LogP contribution in [-0.2, 0) is 11.4 Å². The van der Waals surface area contributed by atoms with Gasteiger partial charge in [-0.15, -0.1) is 0 Å². The molecular formula is C23H18Cl2N4O4. The normalized spacial score (nSPS) is 11.5. The summed E-state index contributed by atoms with van der Waals surface area (Å²) in [6.07, 6.45) is 6.11. The number of aromatic nitrogens is 2. The van der Waals surface area contributed by atoms with Gasteiger partial charge in [-0.2, -0.15) is 0 Å². The summed E-state index contributed by atoms with van der Waals surface area (Å²) in [4.78, 5) is 26.7. The van der Waals surface area contributed by atoms with Crippen molar-refractivity contribution in [3.63, 3.8) is 0 Å². The standard InChI is InChI=1S/C23H18Cl2N4O4/c1-13(29-32-12-14-6-8-26-9-7-14)21-19(15-4-3-5-18(31-2)22(15)33-21)23(30)28-20-16(24)10-27-11-17(20)25/h3-11H,12H2,1-2H3,(H,27,28,30)/b29-13-. The van der Waals surface area contributed by atoms with E-state index in [9.17, 15) is 4.79 Å². The Morgan fingerprint density at radius 1 is 1.12 bits per heavy atom. The van der Waals surface area contributed by atoms with Crippen LogP contribution < -0.4 is 10.1 Å². The molecule has 1 N–H and O–H groups in total. The van der Waals surface area contributed by atoms with Gasteiger partial charge >= 0.3 is 0 Å². The Morgan fingerprint density at radius 2 is 1.85 bits per heavy atom. The minimum absolute atomic E-state index is 0.203. The fourth-order valence-corrected chi connectivity index (χ4v) is 3.62. The largest absolute Gasteiger partial charge is 0.493 e. The number of para-hydroxylation sites is 1. The number of carbonyl (C=O) groups is 1. The third-order valence-electron chi connectivity index (χ3n) is 4.73. The molecule has 33 heavy (non-hydrogen) atoms. The second kappa shape index (κ2) is 9.89. The molecule has 0 fully saturated rings. The Morgan fingerprint density at radius 3 is 2.55 bits per heavy atom. The first-order valence-electron chi connectivity index (χ1n) is 9.75. The van der Waals surface area contributed by atoms with Gasteiger partial charge < -0.3 is 19.3 Å². The minimum Gasteiger partial charge on any atom is -0.493 e. The van der Waals surface area contributed by atoms with Gasteiger partial charge in [0.2, 0.25) is 0 Å². The van der Waals surface area contributed by atoms with Crippen molar-refractivity contribution in [2.45, 2.75) is 13.5 Å². The van der Waals surface area contributed by atoms with E-state index in [1.54, 1.807) is 37.5 Å². The second-order valence-electron chi connectivity index (χ2n) is 6.88. The van der Waals surface area contributed by atoms with Gasteiger partial charge in [-0.05, 0) is 30.7 Å². The van der Waals surface area contributed by atoms with E-state index in [0.717, 1.165) is 5.56 Å². The third-order valence-corrected chi connectivity index (χ3v) is 5.30. The van der Waals surface area contributed by atoms with Crippen molar-refractivity contribution in [1.29, 1.82) is 0 Å². The molecule has 0 aliphatic heterocycles. The lowest BCUT2D eigenvalue weighted by Crippen LogP contribution is -2.15. The van der Waals surface area contributed by atoms with Gasteiger partial charge in [0.25, 0.3) is 5.91 Å². The molecule has 1 aromatic carbocycles. The number of methoxy groups -OCH3 is 1. The molecule has 168 valence electrons. The molecular weight excluding hydrogens is 467 g/mol. The predicted octanol–water partition coefficient (Wildman–Crippen LogP) is 5.73. The van der Waals surface area contributed by atoms with E-state index in [0.29, 0.717) is 22.4 Å². The highest BCUT2D eigenvalue weighted by Gasteiger charge is 2.26. The second-order valence-corrected chi connectivity index (χ2v) is 7.70. The average molecular weight is 485 g/mol. The summed E-state index contributed by atoms with van der Waals surface area (Å²) in [7, 11) is 1.52. The highest BCUT2D eigenvalue weighted by Crippen LogP contribution is 2.35. The van der Waals surface area contributed by atoms with Crippen LogP contribution in [0.4, 0.5) is 5.69 Å². The van der Waals surface area contributed by atoms with Crippen molar-refractivity contribution >= 4 is 51.5 Å². The molecule has 0 aliphatic carbocycles. The lowest BCUT2D eigenvalue weighted by atomic mass is 10.1. The van der Waals surface area contributed by atoms with Crippen molar-refractivity contribution in [3.8, 4) is 5.75 Å². The summed E-state index contributed by atoms with van der Waals surface area (Å²) >= 11 is 12.4. The third kappa shape index (κ3) is 4.76. The number of ether oxygens (including phenoxy) is 1. The van der Waals surface area contributed by atoms with Crippen LogP contribution in [0.15, 0.2) is 64.7 Å². The quantitative estimate of drug-likeness (QED) is 0.265. The topological polar surface area (TPSA) is 98.8 Å². The fourth-order valence-electron chi connectivity index (χ4n) is 3.17. The minimum atomic E-state index is -0.490. The molecule has 0 aliphatic rings. The molecule has 0 saturated carbocycles. The summed E-state index contributed by atoms with van der Waals surface area (Å²) in [5, 5.41) is 7.83. The van der Waals surface area contributed by atoms with Crippen molar-refractivity contribution in [3.05, 3.63) is 82.1 Å². The summed E-state index contributed by atoms with van der Waals surface area (Å²) in [5.74, 6) is 0.206. The Balaban J connectivity index is 1.73. The van der Waals surface area contributed by atoms with Crippen LogP contribution in [0.5, 0.6) is 5.75 Å². The number of oxime groups is 1. The van der Waals surface area contributed by atoms with Crippen molar-refractivity contribution in [2.75, 3.05) is 12.4 Å². The van der Waals surface area contributed by atoms with Gasteiger partial charge in [0, 0.05) is 30.2 Å². The summed E-state index contributed by atoms with van der Waals surface area (Å²) in [6.45, 7) is 1.91. The number of anilines is 1. The molecule has 3 aromatic heterocycles. The zero-order chi connectivity index (χ0) is 23.4. The van der Waals surface area contributed by atoms with Crippen LogP contribution in [0.1, 0.15) is 28.6 Å². The monoisotopic (exact) mass is 484 g/mol. The van der Waals surface area contributed by atoms with Gasteiger partial charge in [-0.25, -0.2) is 0 Å². The van der Waals surface area contributed by atoms with Gasteiger partial charge in [-0.3, -0.25) is 14.8 Å². The number of carbonyl (C=O) groups excluding carboxylic acids is 1. The molecule has 1 amide bonds. The Bertz CT molecular complexity index is 1320.